The number of phenolic OH excluding ortho intramolecular Hbond substituents is 1. The second-order valence-electron chi connectivity index (χ2n) is 6.63. The van der Waals surface area contributed by atoms with Crippen molar-refractivity contribution in [1.82, 2.24) is 9.21 Å². The van der Waals surface area contributed by atoms with Crippen LogP contribution in [0, 0.1) is 11.3 Å². The Labute approximate surface area is 175 Å². The molecule has 9 heteroatoms. The molecule has 156 valence electrons. The van der Waals surface area contributed by atoms with Gasteiger partial charge in [0, 0.05) is 32.3 Å². The number of nitrogens with zero attached hydrogens (tertiary/aromatic N) is 3. The largest absolute Gasteiger partial charge is 0.504 e. The predicted octanol–water partition coefficient (Wildman–Crippen LogP) is 1.82. The van der Waals surface area contributed by atoms with Gasteiger partial charge in [-0.2, -0.15) is 9.57 Å². The number of nitriles is 1. The number of carbonyl (C=O) groups excluding carboxylic acids is 1. The SMILES string of the molecule is COc1cc(/C=C/C(=O)N2CCN(S(=O)(=O)c3ccc(C#N)cc3)CC2)ccc1O. The Morgan fingerprint density at radius 3 is 2.40 bits per heavy atom. The van der Waals surface area contributed by atoms with Gasteiger partial charge in [-0.25, -0.2) is 8.42 Å². The highest BCUT2D eigenvalue weighted by molar-refractivity contribution is 7.89. The summed E-state index contributed by atoms with van der Waals surface area (Å²) in [4.78, 5) is 14.2. The number of phenols is 1. The molecule has 0 unspecified atom stereocenters. The van der Waals surface area contributed by atoms with Gasteiger partial charge in [0.1, 0.15) is 0 Å². The molecular weight excluding hydrogens is 406 g/mol. The van der Waals surface area contributed by atoms with Crippen LogP contribution >= 0.6 is 0 Å². The molecule has 2 aromatic rings. The first-order valence-corrected chi connectivity index (χ1v) is 10.6. The Morgan fingerprint density at radius 1 is 1.13 bits per heavy atom. The average molecular weight is 427 g/mol. The summed E-state index contributed by atoms with van der Waals surface area (Å²) >= 11 is 0. The minimum absolute atomic E-state index is 0.0144. The van der Waals surface area contributed by atoms with Crippen molar-refractivity contribution >= 4 is 22.0 Å². The summed E-state index contributed by atoms with van der Waals surface area (Å²) < 4.78 is 31.9. The minimum Gasteiger partial charge on any atom is -0.504 e. The minimum atomic E-state index is -3.67. The van der Waals surface area contributed by atoms with E-state index in [9.17, 15) is 18.3 Å². The van der Waals surface area contributed by atoms with Crippen LogP contribution in [-0.2, 0) is 14.8 Å². The van der Waals surface area contributed by atoms with E-state index in [1.54, 1.807) is 23.1 Å². The normalized spacial score (nSPS) is 15.1. The van der Waals surface area contributed by atoms with Crippen molar-refractivity contribution in [2.75, 3.05) is 33.3 Å². The topological polar surface area (TPSA) is 111 Å². The fourth-order valence-corrected chi connectivity index (χ4v) is 4.49. The van der Waals surface area contributed by atoms with Gasteiger partial charge in [-0.05, 0) is 48.0 Å². The summed E-state index contributed by atoms with van der Waals surface area (Å²) in [5.41, 5.74) is 1.09. The van der Waals surface area contributed by atoms with Gasteiger partial charge in [0.15, 0.2) is 11.5 Å². The lowest BCUT2D eigenvalue weighted by Gasteiger charge is -2.33. The van der Waals surface area contributed by atoms with Gasteiger partial charge in [-0.3, -0.25) is 4.79 Å². The summed E-state index contributed by atoms with van der Waals surface area (Å²) in [6, 6.07) is 12.5. The van der Waals surface area contributed by atoms with Gasteiger partial charge in [0.05, 0.1) is 23.6 Å². The van der Waals surface area contributed by atoms with E-state index < -0.39 is 10.0 Å². The summed E-state index contributed by atoms with van der Waals surface area (Å²) in [6.45, 7) is 0.930. The maximum absolute atomic E-state index is 12.8. The number of rotatable bonds is 5. The van der Waals surface area contributed by atoms with Crippen molar-refractivity contribution in [3.05, 3.63) is 59.7 Å². The Bertz CT molecular complexity index is 1100. The number of hydrogen-bond acceptors (Lipinski definition) is 6. The van der Waals surface area contributed by atoms with Crippen LogP contribution in [0.5, 0.6) is 11.5 Å². The van der Waals surface area contributed by atoms with Gasteiger partial charge in [0.25, 0.3) is 0 Å². The van der Waals surface area contributed by atoms with E-state index in [0.717, 1.165) is 0 Å². The molecule has 30 heavy (non-hydrogen) atoms. The zero-order valence-electron chi connectivity index (χ0n) is 16.4. The maximum atomic E-state index is 12.8. The molecule has 1 fully saturated rings. The first-order chi connectivity index (χ1) is 14.3. The molecular formula is C21H21N3O5S. The number of hydrogen-bond donors (Lipinski definition) is 1. The third-order valence-corrected chi connectivity index (χ3v) is 6.71. The van der Waals surface area contributed by atoms with Crippen LogP contribution in [-0.4, -0.2) is 61.9 Å². The Hall–Kier alpha value is -3.35. The van der Waals surface area contributed by atoms with Crippen molar-refractivity contribution < 1.29 is 23.1 Å². The monoisotopic (exact) mass is 427 g/mol. The van der Waals surface area contributed by atoms with Crippen LogP contribution in [0.1, 0.15) is 11.1 Å². The summed E-state index contributed by atoms with van der Waals surface area (Å²) in [5.74, 6) is 0.101. The number of benzene rings is 2. The number of ether oxygens (including phenoxy) is 1. The zero-order valence-corrected chi connectivity index (χ0v) is 17.2. The van der Waals surface area contributed by atoms with Gasteiger partial charge in [0.2, 0.25) is 15.9 Å². The van der Waals surface area contributed by atoms with E-state index in [-0.39, 0.29) is 42.7 Å². The lowest BCUT2D eigenvalue weighted by Crippen LogP contribution is -2.50. The molecule has 8 nitrogen and oxygen atoms in total. The molecule has 1 saturated heterocycles. The number of sulfonamides is 1. The standard InChI is InChI=1S/C21H21N3O5S/c1-29-20-14-16(4-8-19(20)25)5-9-21(26)23-10-12-24(13-11-23)30(27,28)18-6-2-17(15-22)3-7-18/h2-9,14,25H,10-13H2,1H3/b9-5+. The van der Waals surface area contributed by atoms with Crippen LogP contribution < -0.4 is 4.74 Å². The lowest BCUT2D eigenvalue weighted by molar-refractivity contribution is -0.127. The van der Waals surface area contributed by atoms with Gasteiger partial charge < -0.3 is 14.7 Å². The molecule has 1 heterocycles. The smallest absolute Gasteiger partial charge is 0.246 e. The van der Waals surface area contributed by atoms with E-state index in [1.807, 2.05) is 6.07 Å². The summed E-state index contributed by atoms with van der Waals surface area (Å²) in [5, 5.41) is 18.5. The van der Waals surface area contributed by atoms with Crippen LogP contribution in [0.25, 0.3) is 6.08 Å². The van der Waals surface area contributed by atoms with Crippen LogP contribution in [0.2, 0.25) is 0 Å². The van der Waals surface area contributed by atoms with Crippen molar-refractivity contribution in [2.24, 2.45) is 0 Å². The maximum Gasteiger partial charge on any atom is 0.246 e. The number of aromatic hydroxyl groups is 1. The predicted molar refractivity (Wildman–Crippen MR) is 110 cm³/mol. The highest BCUT2D eigenvalue weighted by atomic mass is 32.2. The van der Waals surface area contributed by atoms with E-state index in [4.69, 9.17) is 10.00 Å². The third-order valence-electron chi connectivity index (χ3n) is 4.79. The van der Waals surface area contributed by atoms with Gasteiger partial charge >= 0.3 is 0 Å². The lowest BCUT2D eigenvalue weighted by atomic mass is 10.2. The van der Waals surface area contributed by atoms with E-state index >= 15 is 0 Å². The number of piperazine rings is 1. The molecule has 1 N–H and O–H groups in total. The van der Waals surface area contributed by atoms with Crippen LogP contribution in [0.3, 0.4) is 0 Å². The fraction of sp³-hybridized carbons (Fsp3) is 0.238. The van der Waals surface area contributed by atoms with Crippen molar-refractivity contribution in [1.29, 1.82) is 5.26 Å². The molecule has 1 aliphatic heterocycles. The average Bonchev–Trinajstić information content (AvgIpc) is 2.78. The first kappa shape index (κ1) is 21.4. The molecule has 1 aliphatic rings. The first-order valence-electron chi connectivity index (χ1n) is 9.19. The van der Waals surface area contributed by atoms with Crippen LogP contribution in [0.15, 0.2) is 53.4 Å². The third kappa shape index (κ3) is 4.62. The molecule has 3 rings (SSSR count). The quantitative estimate of drug-likeness (QED) is 0.729. The molecule has 0 radical (unpaired) electrons. The second-order valence-corrected chi connectivity index (χ2v) is 8.57. The summed E-state index contributed by atoms with van der Waals surface area (Å²) in [6.07, 6.45) is 3.03. The Balaban J connectivity index is 1.61. The number of carbonyl (C=O) groups is 1. The highest BCUT2D eigenvalue weighted by Gasteiger charge is 2.29. The number of methoxy groups -OCH3 is 1. The second kappa shape index (κ2) is 8.98. The Morgan fingerprint density at radius 2 is 1.80 bits per heavy atom. The van der Waals surface area contributed by atoms with Crippen molar-refractivity contribution in [2.45, 2.75) is 4.90 Å². The highest BCUT2D eigenvalue weighted by Crippen LogP contribution is 2.26. The fourth-order valence-electron chi connectivity index (χ4n) is 3.07. The molecule has 0 aromatic heterocycles. The molecule has 0 atom stereocenters. The molecule has 0 aliphatic carbocycles. The van der Waals surface area contributed by atoms with E-state index in [2.05, 4.69) is 0 Å². The molecule has 0 saturated carbocycles. The zero-order chi connectivity index (χ0) is 21.7. The van der Waals surface area contributed by atoms with E-state index in [0.29, 0.717) is 16.9 Å². The van der Waals surface area contributed by atoms with Crippen molar-refractivity contribution in [3.63, 3.8) is 0 Å². The molecule has 0 bridgehead atoms. The number of amides is 1. The summed E-state index contributed by atoms with van der Waals surface area (Å²) in [7, 11) is -2.23. The molecule has 1 amide bonds. The van der Waals surface area contributed by atoms with Gasteiger partial charge in [-0.1, -0.05) is 6.07 Å². The molecule has 0 spiro atoms. The van der Waals surface area contributed by atoms with Crippen molar-refractivity contribution in [3.8, 4) is 17.6 Å². The van der Waals surface area contributed by atoms with Gasteiger partial charge in [-0.15, -0.1) is 0 Å². The molecule has 2 aromatic carbocycles. The van der Waals surface area contributed by atoms with E-state index in [1.165, 1.54) is 47.8 Å². The Kier molecular flexibility index (Phi) is 6.40. The van der Waals surface area contributed by atoms with Crippen LogP contribution in [0.4, 0.5) is 0 Å².